The smallest absolute Gasteiger partial charge is 0.330 e. The summed E-state index contributed by atoms with van der Waals surface area (Å²) in [7, 11) is 0. The average Bonchev–Trinajstić information content (AvgIpc) is 2.83. The van der Waals surface area contributed by atoms with Crippen LogP contribution in [0.3, 0.4) is 0 Å². The molecule has 116 valence electrons. The van der Waals surface area contributed by atoms with Gasteiger partial charge in [-0.1, -0.05) is 6.92 Å². The lowest BCUT2D eigenvalue weighted by atomic mass is 10.2. The van der Waals surface area contributed by atoms with Crippen molar-refractivity contribution in [3.05, 3.63) is 18.0 Å². The monoisotopic (exact) mass is 298 g/mol. The molecule has 0 bridgehead atoms. The average molecular weight is 298 g/mol. The van der Waals surface area contributed by atoms with Gasteiger partial charge in [-0.05, 0) is 6.42 Å². The fourth-order valence-corrected chi connectivity index (χ4v) is 1.53. The lowest BCUT2D eigenvalue weighted by Gasteiger charge is -2.18. The van der Waals surface area contributed by atoms with Gasteiger partial charge < -0.3 is 4.74 Å². The van der Waals surface area contributed by atoms with Gasteiger partial charge in [-0.15, -0.1) is 0 Å². The minimum absolute atomic E-state index is 0.253. The second-order valence-electron chi connectivity index (χ2n) is 4.33. The van der Waals surface area contributed by atoms with Crippen LogP contribution in [0.1, 0.15) is 24.9 Å². The molecule has 0 amide bonds. The van der Waals surface area contributed by atoms with Crippen LogP contribution < -0.4 is 11.3 Å². The predicted molar refractivity (Wildman–Crippen MR) is 64.4 cm³/mol. The second kappa shape index (κ2) is 7.55. The van der Waals surface area contributed by atoms with Gasteiger partial charge in [0.05, 0.1) is 18.8 Å². The molecule has 1 aromatic heterocycles. The number of hydrazine groups is 1. The number of aromatic nitrogens is 2. The number of hydrogen-bond donors (Lipinski definition) is 2. The molecule has 1 unspecified atom stereocenters. The van der Waals surface area contributed by atoms with Crippen molar-refractivity contribution < 1.29 is 22.3 Å². The molecule has 0 aliphatic rings. The Labute approximate surface area is 114 Å². The molecule has 0 saturated carbocycles. The largest absolute Gasteiger partial charge is 0.373 e. The molecule has 0 aromatic carbocycles. The normalized spacial score (nSPS) is 13.9. The molecule has 5 nitrogen and oxygen atoms in total. The molecular weight excluding hydrogens is 280 g/mol. The van der Waals surface area contributed by atoms with Crippen molar-refractivity contribution in [1.29, 1.82) is 0 Å². The number of rotatable bonds is 9. The molecule has 0 aliphatic carbocycles. The van der Waals surface area contributed by atoms with E-state index in [0.29, 0.717) is 12.1 Å². The fourth-order valence-electron chi connectivity index (χ4n) is 1.53. The molecule has 0 saturated heterocycles. The molecule has 9 heteroatoms. The molecule has 0 radical (unpaired) electrons. The number of aryl methyl sites for hydroxylation is 1. The topological polar surface area (TPSA) is 65.1 Å². The summed E-state index contributed by atoms with van der Waals surface area (Å²) < 4.78 is 55.5. The first kappa shape index (κ1) is 16.9. The van der Waals surface area contributed by atoms with E-state index in [2.05, 4.69) is 15.3 Å². The number of hydrogen-bond acceptors (Lipinski definition) is 4. The highest BCUT2D eigenvalue weighted by Gasteiger charge is 2.41. The first-order valence-electron chi connectivity index (χ1n) is 6.13. The van der Waals surface area contributed by atoms with Crippen molar-refractivity contribution >= 4 is 0 Å². The number of nitrogens with two attached hydrogens (primary N) is 1. The third-order valence-corrected chi connectivity index (χ3v) is 2.61. The van der Waals surface area contributed by atoms with Gasteiger partial charge in [0.2, 0.25) is 0 Å². The van der Waals surface area contributed by atoms with Crippen molar-refractivity contribution in [1.82, 2.24) is 15.2 Å². The highest BCUT2D eigenvalue weighted by Crippen LogP contribution is 2.23. The van der Waals surface area contributed by atoms with Crippen LogP contribution in [0.5, 0.6) is 0 Å². The van der Waals surface area contributed by atoms with Gasteiger partial charge in [-0.3, -0.25) is 16.0 Å². The summed E-state index contributed by atoms with van der Waals surface area (Å²) in [5, 5.41) is 4.06. The molecule has 0 spiro atoms. The van der Waals surface area contributed by atoms with E-state index in [1.165, 1.54) is 6.20 Å². The Morgan fingerprint density at radius 3 is 2.75 bits per heavy atom. The second-order valence-corrected chi connectivity index (χ2v) is 4.33. The summed E-state index contributed by atoms with van der Waals surface area (Å²) >= 11 is 0. The standard InChI is InChI=1S/C11H18F4N4O/c1-2-3-19-5-8(4-17-19)9(18-16)6-20-7-11(14,15)10(12)13/h4-5,9-10,18H,2-3,6-7,16H2,1H3. The number of nitrogens with zero attached hydrogens (tertiary/aromatic N) is 2. The summed E-state index contributed by atoms with van der Waals surface area (Å²) in [5.41, 5.74) is 3.02. The summed E-state index contributed by atoms with van der Waals surface area (Å²) in [5.74, 6) is 1.13. The lowest BCUT2D eigenvalue weighted by molar-refractivity contribution is -0.167. The number of alkyl halides is 4. The highest BCUT2D eigenvalue weighted by atomic mass is 19.3. The Bertz CT molecular complexity index is 400. The van der Waals surface area contributed by atoms with E-state index in [0.717, 1.165) is 6.42 Å². The first-order chi connectivity index (χ1) is 9.40. The minimum Gasteiger partial charge on any atom is -0.373 e. The zero-order valence-corrected chi connectivity index (χ0v) is 11.0. The maximum absolute atomic E-state index is 12.7. The van der Waals surface area contributed by atoms with Crippen LogP contribution in [0.25, 0.3) is 0 Å². The number of halogens is 4. The number of ether oxygens (including phenoxy) is 1. The molecule has 3 N–H and O–H groups in total. The van der Waals surface area contributed by atoms with Crippen molar-refractivity contribution in [2.45, 2.75) is 38.3 Å². The van der Waals surface area contributed by atoms with Crippen LogP contribution in [-0.4, -0.2) is 35.3 Å². The van der Waals surface area contributed by atoms with Gasteiger partial charge in [-0.2, -0.15) is 13.9 Å². The van der Waals surface area contributed by atoms with Gasteiger partial charge in [-0.25, -0.2) is 8.78 Å². The summed E-state index contributed by atoms with van der Waals surface area (Å²) in [6.45, 7) is 1.08. The molecule has 20 heavy (non-hydrogen) atoms. The maximum atomic E-state index is 12.7. The van der Waals surface area contributed by atoms with Crippen LogP contribution in [0.4, 0.5) is 17.6 Å². The highest BCUT2D eigenvalue weighted by molar-refractivity contribution is 5.10. The van der Waals surface area contributed by atoms with Gasteiger partial charge in [0.25, 0.3) is 0 Å². The van der Waals surface area contributed by atoms with E-state index in [1.807, 2.05) is 6.92 Å². The zero-order valence-electron chi connectivity index (χ0n) is 11.0. The Morgan fingerprint density at radius 2 is 2.20 bits per heavy atom. The molecule has 1 rings (SSSR count). The molecule has 1 aromatic rings. The van der Waals surface area contributed by atoms with E-state index in [9.17, 15) is 17.6 Å². The van der Waals surface area contributed by atoms with Crippen LogP contribution in [0.2, 0.25) is 0 Å². The predicted octanol–water partition coefficient (Wildman–Crippen LogP) is 1.71. The van der Waals surface area contributed by atoms with E-state index < -0.39 is 25.0 Å². The third-order valence-electron chi connectivity index (χ3n) is 2.61. The Balaban J connectivity index is 2.50. The summed E-state index contributed by atoms with van der Waals surface area (Å²) in [6.07, 6.45) is 0.357. The lowest BCUT2D eigenvalue weighted by Crippen LogP contribution is -2.36. The molecule has 0 fully saturated rings. The van der Waals surface area contributed by atoms with Crippen LogP contribution in [0, 0.1) is 0 Å². The summed E-state index contributed by atoms with van der Waals surface area (Å²) in [4.78, 5) is 0. The van der Waals surface area contributed by atoms with Crippen LogP contribution >= 0.6 is 0 Å². The Kier molecular flexibility index (Phi) is 6.37. The van der Waals surface area contributed by atoms with Gasteiger partial charge in [0, 0.05) is 18.3 Å². The third kappa shape index (κ3) is 4.73. The summed E-state index contributed by atoms with van der Waals surface area (Å²) in [6, 6.07) is -0.589. The van der Waals surface area contributed by atoms with E-state index in [1.54, 1.807) is 10.9 Å². The minimum atomic E-state index is -4.16. The molecular formula is C11H18F4N4O. The van der Waals surface area contributed by atoms with Crippen molar-refractivity contribution in [3.8, 4) is 0 Å². The molecule has 0 aliphatic heterocycles. The van der Waals surface area contributed by atoms with Crippen LogP contribution in [0.15, 0.2) is 12.4 Å². The van der Waals surface area contributed by atoms with Gasteiger partial charge >= 0.3 is 12.3 Å². The van der Waals surface area contributed by atoms with Gasteiger partial charge in [0.15, 0.2) is 0 Å². The Hall–Kier alpha value is -1.19. The van der Waals surface area contributed by atoms with Gasteiger partial charge in [0.1, 0.15) is 6.61 Å². The first-order valence-corrected chi connectivity index (χ1v) is 6.13. The molecule has 1 heterocycles. The fraction of sp³-hybridized carbons (Fsp3) is 0.727. The van der Waals surface area contributed by atoms with E-state index >= 15 is 0 Å². The zero-order chi connectivity index (χ0) is 15.2. The quantitative estimate of drug-likeness (QED) is 0.414. The maximum Gasteiger partial charge on any atom is 0.330 e. The molecule has 1 atom stereocenters. The van der Waals surface area contributed by atoms with Crippen molar-refractivity contribution in [2.75, 3.05) is 13.2 Å². The van der Waals surface area contributed by atoms with Crippen LogP contribution in [-0.2, 0) is 11.3 Å². The van der Waals surface area contributed by atoms with Crippen molar-refractivity contribution in [3.63, 3.8) is 0 Å². The SMILES string of the molecule is CCCn1cc(C(COCC(F)(F)C(F)F)NN)cn1. The van der Waals surface area contributed by atoms with Crippen molar-refractivity contribution in [2.24, 2.45) is 5.84 Å². The number of nitrogens with one attached hydrogen (secondary N) is 1. The Morgan fingerprint density at radius 1 is 1.50 bits per heavy atom. The van der Waals surface area contributed by atoms with E-state index in [4.69, 9.17) is 5.84 Å². The van der Waals surface area contributed by atoms with E-state index in [-0.39, 0.29) is 6.61 Å².